The lowest BCUT2D eigenvalue weighted by Gasteiger charge is -2.15. The normalized spacial score (nSPS) is 12.6. The van der Waals surface area contributed by atoms with Gasteiger partial charge in [0, 0.05) is 19.3 Å². The molecular weight excluding hydrogens is 224 g/mol. The van der Waals surface area contributed by atoms with E-state index < -0.39 is 0 Å². The van der Waals surface area contributed by atoms with E-state index in [4.69, 9.17) is 5.84 Å². The summed E-state index contributed by atoms with van der Waals surface area (Å²) in [6, 6.07) is 8.77. The van der Waals surface area contributed by atoms with Crippen molar-refractivity contribution >= 4 is 0 Å². The molecule has 4 heteroatoms. The molecule has 2 aromatic rings. The Morgan fingerprint density at radius 3 is 2.72 bits per heavy atom. The second-order valence-corrected chi connectivity index (χ2v) is 4.78. The molecule has 0 saturated carbocycles. The molecule has 1 aromatic heterocycles. The lowest BCUT2D eigenvalue weighted by Crippen LogP contribution is -2.38. The maximum absolute atomic E-state index is 5.64. The fourth-order valence-electron chi connectivity index (χ4n) is 2.18. The van der Waals surface area contributed by atoms with E-state index in [1.54, 1.807) is 0 Å². The SMILES string of the molecule is Cc1cccc(CC(Cc2cnn(C)c2)NN)c1. The van der Waals surface area contributed by atoms with Crippen LogP contribution in [0.25, 0.3) is 0 Å². The summed E-state index contributed by atoms with van der Waals surface area (Å²) in [6.45, 7) is 2.11. The van der Waals surface area contributed by atoms with Crippen molar-refractivity contribution in [2.45, 2.75) is 25.8 Å². The number of hydrazine groups is 1. The molecule has 0 fully saturated rings. The van der Waals surface area contributed by atoms with E-state index in [1.807, 2.05) is 24.1 Å². The topological polar surface area (TPSA) is 55.9 Å². The molecule has 0 spiro atoms. The van der Waals surface area contributed by atoms with E-state index in [2.05, 4.69) is 41.7 Å². The first kappa shape index (κ1) is 12.8. The number of nitrogens with zero attached hydrogens (tertiary/aromatic N) is 2. The molecule has 1 unspecified atom stereocenters. The highest BCUT2D eigenvalue weighted by atomic mass is 15.2. The third kappa shape index (κ3) is 3.42. The Labute approximate surface area is 108 Å². The van der Waals surface area contributed by atoms with Gasteiger partial charge >= 0.3 is 0 Å². The highest BCUT2D eigenvalue weighted by Gasteiger charge is 2.10. The molecule has 3 N–H and O–H groups in total. The van der Waals surface area contributed by atoms with Crippen LogP contribution in [0.5, 0.6) is 0 Å². The van der Waals surface area contributed by atoms with Crippen LogP contribution in [-0.4, -0.2) is 15.8 Å². The second-order valence-electron chi connectivity index (χ2n) is 4.78. The molecule has 1 heterocycles. The van der Waals surface area contributed by atoms with Crippen molar-refractivity contribution in [1.82, 2.24) is 15.2 Å². The van der Waals surface area contributed by atoms with Gasteiger partial charge in [-0.2, -0.15) is 5.10 Å². The fourth-order valence-corrected chi connectivity index (χ4v) is 2.18. The minimum absolute atomic E-state index is 0.232. The Hall–Kier alpha value is -1.65. The predicted octanol–water partition coefficient (Wildman–Crippen LogP) is 1.35. The van der Waals surface area contributed by atoms with Crippen molar-refractivity contribution in [1.29, 1.82) is 0 Å². The molecule has 96 valence electrons. The number of aryl methyl sites for hydroxylation is 2. The first-order valence-corrected chi connectivity index (χ1v) is 6.16. The number of hydrogen-bond donors (Lipinski definition) is 2. The number of rotatable bonds is 5. The van der Waals surface area contributed by atoms with Gasteiger partial charge in [0.15, 0.2) is 0 Å². The van der Waals surface area contributed by atoms with Gasteiger partial charge in [-0.15, -0.1) is 0 Å². The number of aromatic nitrogens is 2. The molecule has 0 saturated heterocycles. The number of nitrogens with two attached hydrogens (primary N) is 1. The smallest absolute Gasteiger partial charge is 0.0522 e. The lowest BCUT2D eigenvalue weighted by atomic mass is 10.00. The largest absolute Gasteiger partial charge is 0.276 e. The van der Waals surface area contributed by atoms with Gasteiger partial charge in [0.05, 0.1) is 6.20 Å². The first-order valence-electron chi connectivity index (χ1n) is 6.16. The van der Waals surface area contributed by atoms with Crippen LogP contribution in [0.2, 0.25) is 0 Å². The van der Waals surface area contributed by atoms with Crippen molar-refractivity contribution in [3.8, 4) is 0 Å². The Morgan fingerprint density at radius 2 is 2.11 bits per heavy atom. The Kier molecular flexibility index (Phi) is 4.12. The molecular formula is C14H20N4. The van der Waals surface area contributed by atoms with Gasteiger partial charge in [-0.1, -0.05) is 29.8 Å². The molecule has 0 amide bonds. The van der Waals surface area contributed by atoms with Gasteiger partial charge in [0.25, 0.3) is 0 Å². The maximum atomic E-state index is 5.64. The summed E-state index contributed by atoms with van der Waals surface area (Å²) in [5, 5.41) is 4.17. The molecule has 18 heavy (non-hydrogen) atoms. The molecule has 0 bridgehead atoms. The molecule has 1 aromatic carbocycles. The van der Waals surface area contributed by atoms with Crippen molar-refractivity contribution in [2.24, 2.45) is 12.9 Å². The van der Waals surface area contributed by atoms with Crippen LogP contribution < -0.4 is 11.3 Å². The predicted molar refractivity (Wildman–Crippen MR) is 72.9 cm³/mol. The number of nitrogens with one attached hydrogen (secondary N) is 1. The molecule has 1 atom stereocenters. The summed E-state index contributed by atoms with van der Waals surface area (Å²) in [7, 11) is 1.93. The van der Waals surface area contributed by atoms with Crippen LogP contribution in [0.1, 0.15) is 16.7 Å². The quantitative estimate of drug-likeness (QED) is 0.616. The van der Waals surface area contributed by atoms with E-state index >= 15 is 0 Å². The van der Waals surface area contributed by atoms with Crippen LogP contribution in [-0.2, 0) is 19.9 Å². The Bertz CT molecular complexity index is 504. The summed E-state index contributed by atoms with van der Waals surface area (Å²) < 4.78 is 1.82. The van der Waals surface area contributed by atoms with Crippen LogP contribution in [0.3, 0.4) is 0 Å². The van der Waals surface area contributed by atoms with Gasteiger partial charge in [-0.25, -0.2) is 0 Å². The van der Waals surface area contributed by atoms with Gasteiger partial charge in [0.2, 0.25) is 0 Å². The first-order chi connectivity index (χ1) is 8.67. The third-order valence-corrected chi connectivity index (χ3v) is 3.04. The second kappa shape index (κ2) is 5.80. The van der Waals surface area contributed by atoms with Crippen molar-refractivity contribution < 1.29 is 0 Å². The zero-order valence-corrected chi connectivity index (χ0v) is 10.9. The molecule has 4 nitrogen and oxygen atoms in total. The van der Waals surface area contributed by atoms with Crippen LogP contribution in [0, 0.1) is 6.92 Å². The Balaban J connectivity index is 2.01. The molecule has 0 aliphatic carbocycles. The van der Waals surface area contributed by atoms with E-state index in [0.717, 1.165) is 12.8 Å². The third-order valence-electron chi connectivity index (χ3n) is 3.04. The Morgan fingerprint density at radius 1 is 1.33 bits per heavy atom. The number of hydrogen-bond acceptors (Lipinski definition) is 3. The monoisotopic (exact) mass is 244 g/mol. The van der Waals surface area contributed by atoms with Crippen molar-refractivity contribution in [2.75, 3.05) is 0 Å². The number of benzene rings is 1. The lowest BCUT2D eigenvalue weighted by molar-refractivity contribution is 0.522. The van der Waals surface area contributed by atoms with E-state index in [9.17, 15) is 0 Å². The minimum atomic E-state index is 0.232. The maximum Gasteiger partial charge on any atom is 0.0522 e. The molecule has 0 radical (unpaired) electrons. The molecule has 0 aliphatic heterocycles. The average Bonchev–Trinajstić information content (AvgIpc) is 2.74. The van der Waals surface area contributed by atoms with Gasteiger partial charge in [-0.3, -0.25) is 16.0 Å². The van der Waals surface area contributed by atoms with Crippen LogP contribution in [0.15, 0.2) is 36.7 Å². The summed E-state index contributed by atoms with van der Waals surface area (Å²) >= 11 is 0. The summed E-state index contributed by atoms with van der Waals surface area (Å²) in [4.78, 5) is 0. The highest BCUT2D eigenvalue weighted by molar-refractivity contribution is 5.23. The minimum Gasteiger partial charge on any atom is -0.276 e. The fraction of sp³-hybridized carbons (Fsp3) is 0.357. The summed E-state index contributed by atoms with van der Waals surface area (Å²) in [5.74, 6) is 5.64. The van der Waals surface area contributed by atoms with E-state index in [-0.39, 0.29) is 6.04 Å². The van der Waals surface area contributed by atoms with Crippen molar-refractivity contribution in [3.63, 3.8) is 0 Å². The summed E-state index contributed by atoms with van der Waals surface area (Å²) in [6.07, 6.45) is 5.73. The van der Waals surface area contributed by atoms with Gasteiger partial charge < -0.3 is 0 Å². The van der Waals surface area contributed by atoms with Crippen molar-refractivity contribution in [3.05, 3.63) is 53.3 Å². The zero-order chi connectivity index (χ0) is 13.0. The molecule has 2 rings (SSSR count). The zero-order valence-electron chi connectivity index (χ0n) is 10.9. The standard InChI is InChI=1S/C14H20N4/c1-11-4-3-5-12(6-11)7-14(17-15)8-13-9-16-18(2)10-13/h3-6,9-10,14,17H,7-8,15H2,1-2H3. The van der Waals surface area contributed by atoms with E-state index in [1.165, 1.54) is 16.7 Å². The average molecular weight is 244 g/mol. The highest BCUT2D eigenvalue weighted by Crippen LogP contribution is 2.10. The summed E-state index contributed by atoms with van der Waals surface area (Å²) in [5.41, 5.74) is 6.68. The molecule has 0 aliphatic rings. The van der Waals surface area contributed by atoms with Crippen LogP contribution >= 0.6 is 0 Å². The van der Waals surface area contributed by atoms with Crippen LogP contribution in [0.4, 0.5) is 0 Å². The van der Waals surface area contributed by atoms with Gasteiger partial charge in [0.1, 0.15) is 0 Å². The van der Waals surface area contributed by atoms with Gasteiger partial charge in [-0.05, 0) is 30.9 Å². The van der Waals surface area contributed by atoms with E-state index in [0.29, 0.717) is 0 Å².